The van der Waals surface area contributed by atoms with E-state index in [1.54, 1.807) is 0 Å². The van der Waals surface area contributed by atoms with E-state index >= 15 is 0 Å². The number of nitrogens with zero attached hydrogens (tertiary/aromatic N) is 8. The SMILES string of the molecule is [C-]#[N+]c1cc(C)ccc1-c1c(-n2c3c(C)cccc3c3cccc(C)c32)cc(C#N)cc1-n1c2c(C)cccc2c2cccc(C)c21.[C-]#[N+]c1ccc(-c2c(-n3c4c(C)cccc4c4cccc(C)c43)cc(C#N)cc2-n2c3c(C)cccc3c3cccc(C)c32)c(C)c1. The molecule has 0 bridgehead atoms. The van der Waals surface area contributed by atoms with Crippen molar-refractivity contribution < 1.29 is 0 Å². The van der Waals surface area contributed by atoms with Gasteiger partial charge in [0.15, 0.2) is 11.4 Å². The number of benzene rings is 12. The lowest BCUT2D eigenvalue weighted by Gasteiger charge is -2.23. The molecule has 0 N–H and O–H groups in total. The largest absolute Gasteiger partial charge is 0.308 e. The first-order valence-corrected chi connectivity index (χ1v) is 31.8. The highest BCUT2D eigenvalue weighted by Gasteiger charge is 2.29. The minimum atomic E-state index is 0.560. The third-order valence-electron chi connectivity index (χ3n) is 19.4. The maximum Gasteiger partial charge on any atom is 0.195 e. The summed E-state index contributed by atoms with van der Waals surface area (Å²) in [5.41, 5.74) is 30.0. The van der Waals surface area contributed by atoms with E-state index in [0.717, 1.165) is 166 Å². The van der Waals surface area contributed by atoms with Gasteiger partial charge in [-0.25, -0.2) is 9.69 Å². The molecule has 12 aromatic carbocycles. The zero-order valence-electron chi connectivity index (χ0n) is 54.2. The van der Waals surface area contributed by atoms with Gasteiger partial charge in [0.25, 0.3) is 0 Å². The third-order valence-corrected chi connectivity index (χ3v) is 19.4. The summed E-state index contributed by atoms with van der Waals surface area (Å²) in [6.45, 7) is 37.4. The van der Waals surface area contributed by atoms with Gasteiger partial charge in [-0.05, 0) is 149 Å². The molecule has 8 heteroatoms. The fraction of sp³-hybridized carbons (Fsp3) is 0.116. The fourth-order valence-corrected chi connectivity index (χ4v) is 15.3. The Morgan fingerprint density at radius 3 is 0.798 bits per heavy atom. The average Bonchev–Trinajstić information content (AvgIpc) is 1.56. The Morgan fingerprint density at radius 2 is 0.553 bits per heavy atom. The Labute approximate surface area is 546 Å². The number of rotatable bonds is 6. The maximum atomic E-state index is 10.6. The first kappa shape index (κ1) is 58.2. The summed E-state index contributed by atoms with van der Waals surface area (Å²) < 4.78 is 9.45. The molecule has 0 aliphatic rings. The van der Waals surface area contributed by atoms with Crippen LogP contribution in [0.15, 0.2) is 206 Å². The van der Waals surface area contributed by atoms with Crippen LogP contribution >= 0.6 is 0 Å². The highest BCUT2D eigenvalue weighted by molar-refractivity contribution is 6.16. The van der Waals surface area contributed by atoms with Gasteiger partial charge in [-0.1, -0.05) is 193 Å². The monoisotopic (exact) mass is 1210 g/mol. The van der Waals surface area contributed by atoms with E-state index in [9.17, 15) is 10.5 Å². The molecule has 0 aliphatic heterocycles. The number of nitriles is 2. The van der Waals surface area contributed by atoms with E-state index in [1.807, 2.05) is 49.4 Å². The van der Waals surface area contributed by atoms with Crippen molar-refractivity contribution in [1.29, 1.82) is 10.5 Å². The topological polar surface area (TPSA) is 76.0 Å². The van der Waals surface area contributed by atoms with Gasteiger partial charge in [0.2, 0.25) is 0 Å². The van der Waals surface area contributed by atoms with Gasteiger partial charge in [0, 0.05) is 54.2 Å². The van der Waals surface area contributed by atoms with E-state index in [1.165, 1.54) is 21.5 Å². The second kappa shape index (κ2) is 22.3. The first-order chi connectivity index (χ1) is 45.6. The Bertz CT molecular complexity index is 5630. The second-order valence-electron chi connectivity index (χ2n) is 25.4. The van der Waals surface area contributed by atoms with Crippen LogP contribution in [0.25, 0.3) is 142 Å². The molecule has 0 amide bonds. The lowest BCUT2D eigenvalue weighted by molar-refractivity contribution is 1.11. The van der Waals surface area contributed by atoms with Gasteiger partial charge < -0.3 is 18.3 Å². The first-order valence-electron chi connectivity index (χ1n) is 31.8. The van der Waals surface area contributed by atoms with Gasteiger partial charge >= 0.3 is 0 Å². The van der Waals surface area contributed by atoms with Crippen LogP contribution in [-0.4, -0.2) is 18.3 Å². The van der Waals surface area contributed by atoms with Gasteiger partial charge in [0.05, 0.1) is 103 Å². The van der Waals surface area contributed by atoms with Crippen LogP contribution in [0.3, 0.4) is 0 Å². The minimum Gasteiger partial charge on any atom is -0.308 e. The van der Waals surface area contributed by atoms with Crippen molar-refractivity contribution in [3.8, 4) is 57.1 Å². The molecule has 448 valence electrons. The Balaban J connectivity index is 0.000000155. The lowest BCUT2D eigenvalue weighted by Crippen LogP contribution is -2.07. The van der Waals surface area contributed by atoms with Crippen LogP contribution in [-0.2, 0) is 0 Å². The van der Waals surface area contributed by atoms with Crippen LogP contribution in [0, 0.1) is 105 Å². The van der Waals surface area contributed by atoms with Gasteiger partial charge in [-0.2, -0.15) is 10.5 Å². The number of para-hydroxylation sites is 8. The van der Waals surface area contributed by atoms with E-state index in [2.05, 4.69) is 266 Å². The van der Waals surface area contributed by atoms with E-state index in [4.69, 9.17) is 13.1 Å². The molecule has 94 heavy (non-hydrogen) atoms. The summed E-state index contributed by atoms with van der Waals surface area (Å²) in [4.78, 5) is 7.83. The summed E-state index contributed by atoms with van der Waals surface area (Å²) in [5.74, 6) is 0. The van der Waals surface area contributed by atoms with Crippen molar-refractivity contribution >= 4 is 98.6 Å². The van der Waals surface area contributed by atoms with Crippen LogP contribution in [0.5, 0.6) is 0 Å². The molecule has 0 unspecified atom stereocenters. The van der Waals surface area contributed by atoms with Crippen molar-refractivity contribution in [1.82, 2.24) is 18.3 Å². The van der Waals surface area contributed by atoms with Crippen molar-refractivity contribution in [2.75, 3.05) is 0 Å². The predicted octanol–water partition coefficient (Wildman–Crippen LogP) is 23.0. The Kier molecular flexibility index (Phi) is 13.8. The van der Waals surface area contributed by atoms with Crippen molar-refractivity contribution in [3.05, 3.63) is 296 Å². The molecule has 0 fully saturated rings. The average molecular weight is 1210 g/mol. The Hall–Kier alpha value is -12.2. The van der Waals surface area contributed by atoms with E-state index in [0.29, 0.717) is 22.5 Å². The number of fused-ring (bicyclic) bond motifs is 12. The van der Waals surface area contributed by atoms with E-state index < -0.39 is 0 Å². The number of aromatic nitrogens is 4. The molecular formula is C86H64N8. The van der Waals surface area contributed by atoms with Crippen molar-refractivity contribution in [2.24, 2.45) is 0 Å². The molecule has 0 aliphatic carbocycles. The molecule has 0 atom stereocenters. The highest BCUT2D eigenvalue weighted by atomic mass is 15.0. The minimum absolute atomic E-state index is 0.560. The molecule has 4 aromatic heterocycles. The summed E-state index contributed by atoms with van der Waals surface area (Å²) in [6, 6.07) is 77.0. The van der Waals surface area contributed by atoms with Crippen LogP contribution < -0.4 is 0 Å². The normalized spacial score (nSPS) is 11.5. The zero-order valence-corrected chi connectivity index (χ0v) is 54.2. The molecule has 4 heterocycles. The van der Waals surface area contributed by atoms with Gasteiger partial charge in [-0.3, -0.25) is 0 Å². The number of hydrogen-bond acceptors (Lipinski definition) is 2. The van der Waals surface area contributed by atoms with Crippen LogP contribution in [0.2, 0.25) is 0 Å². The summed E-state index contributed by atoms with van der Waals surface area (Å²) in [7, 11) is 0. The quantitative estimate of drug-likeness (QED) is 0.156. The molecule has 8 nitrogen and oxygen atoms in total. The fourth-order valence-electron chi connectivity index (χ4n) is 15.3. The van der Waals surface area contributed by atoms with Crippen LogP contribution in [0.1, 0.15) is 66.8 Å². The van der Waals surface area contributed by atoms with Crippen LogP contribution in [0.4, 0.5) is 11.4 Å². The van der Waals surface area contributed by atoms with Gasteiger partial charge in [0.1, 0.15) is 0 Å². The number of hydrogen-bond donors (Lipinski definition) is 0. The standard InChI is InChI=1S/2C43H32N4/c1-25-19-20-35(36(21-25)45-6)39-37(46-40-26(2)11-7-15-31(40)32-16-8-12-27(3)41(32)46)22-30(24-44)23-38(39)47-42-28(4)13-9-17-33(42)34-18-10-14-29(5)43(34)47;1-25-11-7-15-33-34-16-8-12-26(2)41(34)46(40(25)33)37-22-30(24-44)23-38(39(37)32-20-19-31(45-6)21-29(32)5)47-42-27(3)13-9-17-35(42)36-18-10-14-28(4)43(36)47/h2*7-23H,1-5H3. The third kappa shape index (κ3) is 8.76. The summed E-state index contributed by atoms with van der Waals surface area (Å²) in [6.07, 6.45) is 0. The predicted molar refractivity (Wildman–Crippen MR) is 390 cm³/mol. The molecule has 0 saturated carbocycles. The highest BCUT2D eigenvalue weighted by Crippen LogP contribution is 2.49. The smallest absolute Gasteiger partial charge is 0.195 e. The molecule has 16 aromatic rings. The summed E-state index contributed by atoms with van der Waals surface area (Å²) >= 11 is 0. The van der Waals surface area contributed by atoms with Crippen molar-refractivity contribution in [3.63, 3.8) is 0 Å². The molecule has 0 saturated heterocycles. The molecule has 16 rings (SSSR count). The molecular weight excluding hydrogens is 1150 g/mol. The molecule has 0 radical (unpaired) electrons. The second-order valence-corrected chi connectivity index (χ2v) is 25.4. The summed E-state index contributed by atoms with van der Waals surface area (Å²) in [5, 5.41) is 30.7. The maximum absolute atomic E-state index is 10.6. The van der Waals surface area contributed by atoms with E-state index in [-0.39, 0.29) is 0 Å². The number of aryl methyl sites for hydroxylation is 10. The van der Waals surface area contributed by atoms with Gasteiger partial charge in [-0.15, -0.1) is 0 Å². The lowest BCUT2D eigenvalue weighted by atomic mass is 9.94. The Morgan fingerprint density at radius 1 is 0.287 bits per heavy atom. The zero-order chi connectivity index (χ0) is 65.1. The molecule has 0 spiro atoms. The van der Waals surface area contributed by atoms with Crippen molar-refractivity contribution in [2.45, 2.75) is 69.2 Å².